The van der Waals surface area contributed by atoms with E-state index in [-0.39, 0.29) is 29.9 Å². The molecule has 3 aliphatic rings. The molecule has 0 saturated carbocycles. The maximum absolute atomic E-state index is 12.8. The first-order chi connectivity index (χ1) is 13.5. The first-order valence-electron chi connectivity index (χ1n) is 9.74. The quantitative estimate of drug-likeness (QED) is 0.729. The first kappa shape index (κ1) is 18.6. The third kappa shape index (κ3) is 3.52. The summed E-state index contributed by atoms with van der Waals surface area (Å²) >= 11 is 0. The molecule has 2 saturated heterocycles. The van der Waals surface area contributed by atoms with Crippen LogP contribution in [0.15, 0.2) is 18.2 Å². The lowest BCUT2D eigenvalue weighted by Gasteiger charge is -2.27. The van der Waals surface area contributed by atoms with Crippen LogP contribution in [0.2, 0.25) is 0 Å². The number of amides is 4. The topological polar surface area (TPSA) is 105 Å². The number of piperidine rings is 2. The normalized spacial score (nSPS) is 23.0. The second-order valence-electron chi connectivity index (χ2n) is 7.49. The first-order valence-corrected chi connectivity index (χ1v) is 9.74. The Morgan fingerprint density at radius 1 is 1.00 bits per heavy atom. The van der Waals surface area contributed by atoms with Crippen molar-refractivity contribution in [2.45, 2.75) is 38.1 Å². The smallest absolute Gasteiger partial charge is 0.262 e. The van der Waals surface area contributed by atoms with Crippen LogP contribution in [0.25, 0.3) is 0 Å². The van der Waals surface area contributed by atoms with Crippen molar-refractivity contribution in [3.8, 4) is 5.75 Å². The lowest BCUT2D eigenvalue weighted by atomic mass is 9.95. The predicted molar refractivity (Wildman–Crippen MR) is 98.8 cm³/mol. The van der Waals surface area contributed by atoms with Crippen LogP contribution < -0.4 is 15.4 Å². The van der Waals surface area contributed by atoms with E-state index in [2.05, 4.69) is 10.6 Å². The molecule has 3 heterocycles. The van der Waals surface area contributed by atoms with E-state index in [4.69, 9.17) is 4.74 Å². The number of hydrogen-bond donors (Lipinski definition) is 2. The summed E-state index contributed by atoms with van der Waals surface area (Å²) in [5.74, 6) is -0.832. The summed E-state index contributed by atoms with van der Waals surface area (Å²) in [4.78, 5) is 49.8. The Kier molecular flexibility index (Phi) is 5.13. The molecule has 4 amide bonds. The van der Waals surface area contributed by atoms with Crippen LogP contribution >= 0.6 is 0 Å². The molecule has 0 spiro atoms. The molecule has 1 aromatic rings. The minimum atomic E-state index is -0.950. The average Bonchev–Trinajstić information content (AvgIpc) is 2.93. The number of carbonyl (C=O) groups is 4. The molecule has 4 rings (SSSR count). The second-order valence-corrected chi connectivity index (χ2v) is 7.49. The third-order valence-electron chi connectivity index (χ3n) is 5.66. The van der Waals surface area contributed by atoms with Crippen LogP contribution in [0.1, 0.15) is 52.8 Å². The highest BCUT2D eigenvalue weighted by Gasteiger charge is 2.44. The zero-order chi connectivity index (χ0) is 19.7. The van der Waals surface area contributed by atoms with E-state index in [9.17, 15) is 19.2 Å². The summed E-state index contributed by atoms with van der Waals surface area (Å²) < 4.78 is 5.81. The number of nitrogens with one attached hydrogen (secondary N) is 2. The van der Waals surface area contributed by atoms with Gasteiger partial charge in [0.2, 0.25) is 11.8 Å². The van der Waals surface area contributed by atoms with Crippen LogP contribution in [0.4, 0.5) is 0 Å². The van der Waals surface area contributed by atoms with Crippen molar-refractivity contribution in [1.82, 2.24) is 15.5 Å². The van der Waals surface area contributed by atoms with E-state index in [0.717, 1.165) is 37.3 Å². The van der Waals surface area contributed by atoms with Gasteiger partial charge >= 0.3 is 0 Å². The number of nitrogens with zero attached hydrogens (tertiary/aromatic N) is 1. The lowest BCUT2D eigenvalue weighted by Crippen LogP contribution is -2.54. The van der Waals surface area contributed by atoms with Crippen LogP contribution in [-0.4, -0.2) is 54.3 Å². The number of rotatable bonds is 5. The van der Waals surface area contributed by atoms with E-state index in [1.165, 1.54) is 0 Å². The standard InChI is InChI=1S/C20H23N3O5/c24-17-4-3-16(18(25)22-17)23-19(26)14-2-1-13(11-15(14)20(23)27)28-10-7-12-5-8-21-9-6-12/h1-2,11-12,16,21H,3-10H2,(H,22,24,25). The van der Waals surface area contributed by atoms with Gasteiger partial charge in [-0.25, -0.2) is 0 Å². The average molecular weight is 385 g/mol. The van der Waals surface area contributed by atoms with E-state index in [1.807, 2.05) is 0 Å². The Bertz CT molecular complexity index is 831. The van der Waals surface area contributed by atoms with Crippen molar-refractivity contribution >= 4 is 23.6 Å². The molecule has 2 fully saturated rings. The molecule has 1 unspecified atom stereocenters. The molecule has 0 aliphatic carbocycles. The summed E-state index contributed by atoms with van der Waals surface area (Å²) in [7, 11) is 0. The van der Waals surface area contributed by atoms with Gasteiger partial charge in [0.05, 0.1) is 17.7 Å². The van der Waals surface area contributed by atoms with Gasteiger partial charge in [-0.3, -0.25) is 29.4 Å². The maximum atomic E-state index is 12.8. The van der Waals surface area contributed by atoms with Gasteiger partial charge in [-0.1, -0.05) is 0 Å². The van der Waals surface area contributed by atoms with Gasteiger partial charge < -0.3 is 10.1 Å². The van der Waals surface area contributed by atoms with Crippen LogP contribution in [0.3, 0.4) is 0 Å². The Hall–Kier alpha value is -2.74. The molecule has 1 aromatic carbocycles. The van der Waals surface area contributed by atoms with Gasteiger partial charge in [0.15, 0.2) is 0 Å². The van der Waals surface area contributed by atoms with Crippen molar-refractivity contribution in [2.75, 3.05) is 19.7 Å². The second kappa shape index (κ2) is 7.71. The summed E-state index contributed by atoms with van der Waals surface area (Å²) in [5.41, 5.74) is 0.509. The van der Waals surface area contributed by atoms with Crippen molar-refractivity contribution in [3.63, 3.8) is 0 Å². The summed E-state index contributed by atoms with van der Waals surface area (Å²) in [6.45, 7) is 2.63. The van der Waals surface area contributed by atoms with Gasteiger partial charge in [-0.2, -0.15) is 0 Å². The van der Waals surface area contributed by atoms with E-state index in [0.29, 0.717) is 18.3 Å². The SMILES string of the molecule is O=C1CCC(N2C(=O)c3ccc(OCCC4CCNCC4)cc3C2=O)C(=O)N1. The molecule has 0 radical (unpaired) electrons. The number of imide groups is 2. The number of fused-ring (bicyclic) bond motifs is 1. The zero-order valence-corrected chi connectivity index (χ0v) is 15.5. The van der Waals surface area contributed by atoms with Crippen molar-refractivity contribution in [2.24, 2.45) is 5.92 Å². The van der Waals surface area contributed by atoms with Gasteiger partial charge in [0, 0.05) is 6.42 Å². The molecule has 0 bridgehead atoms. The van der Waals surface area contributed by atoms with Gasteiger partial charge in [-0.15, -0.1) is 0 Å². The lowest BCUT2D eigenvalue weighted by molar-refractivity contribution is -0.136. The van der Waals surface area contributed by atoms with Crippen LogP contribution in [0, 0.1) is 5.92 Å². The highest BCUT2D eigenvalue weighted by Crippen LogP contribution is 2.30. The molecule has 0 aromatic heterocycles. The minimum absolute atomic E-state index is 0.106. The van der Waals surface area contributed by atoms with E-state index < -0.39 is 23.8 Å². The van der Waals surface area contributed by atoms with Gasteiger partial charge in [0.1, 0.15) is 11.8 Å². The molecule has 3 aliphatic heterocycles. The molecule has 148 valence electrons. The molecule has 1 atom stereocenters. The predicted octanol–water partition coefficient (Wildman–Crippen LogP) is 0.856. The maximum Gasteiger partial charge on any atom is 0.262 e. The van der Waals surface area contributed by atoms with Crippen molar-refractivity contribution in [1.29, 1.82) is 0 Å². The van der Waals surface area contributed by atoms with Gasteiger partial charge in [-0.05, 0) is 62.9 Å². The molecule has 2 N–H and O–H groups in total. The molecule has 28 heavy (non-hydrogen) atoms. The Labute approximate surface area is 162 Å². The summed E-state index contributed by atoms with van der Waals surface area (Å²) in [6, 6.07) is 3.88. The Morgan fingerprint density at radius 2 is 1.75 bits per heavy atom. The highest BCUT2D eigenvalue weighted by molar-refractivity contribution is 6.23. The van der Waals surface area contributed by atoms with E-state index in [1.54, 1.807) is 18.2 Å². The zero-order valence-electron chi connectivity index (χ0n) is 15.5. The number of benzene rings is 1. The fourth-order valence-electron chi connectivity index (χ4n) is 4.05. The van der Waals surface area contributed by atoms with E-state index >= 15 is 0 Å². The highest BCUT2D eigenvalue weighted by atomic mass is 16.5. The number of carbonyl (C=O) groups excluding carboxylic acids is 4. The summed E-state index contributed by atoms with van der Waals surface area (Å²) in [6.07, 6.45) is 3.49. The molecule has 8 nitrogen and oxygen atoms in total. The summed E-state index contributed by atoms with van der Waals surface area (Å²) in [5, 5.41) is 5.53. The van der Waals surface area contributed by atoms with Crippen LogP contribution in [-0.2, 0) is 9.59 Å². The Balaban J connectivity index is 1.43. The third-order valence-corrected chi connectivity index (χ3v) is 5.66. The molecular weight excluding hydrogens is 362 g/mol. The number of hydrogen-bond acceptors (Lipinski definition) is 6. The minimum Gasteiger partial charge on any atom is -0.494 e. The van der Waals surface area contributed by atoms with Crippen molar-refractivity contribution < 1.29 is 23.9 Å². The van der Waals surface area contributed by atoms with Crippen LogP contribution in [0.5, 0.6) is 5.75 Å². The fraction of sp³-hybridized carbons (Fsp3) is 0.500. The largest absolute Gasteiger partial charge is 0.494 e. The monoisotopic (exact) mass is 385 g/mol. The fourth-order valence-corrected chi connectivity index (χ4v) is 4.05. The van der Waals surface area contributed by atoms with Gasteiger partial charge in [0.25, 0.3) is 11.8 Å². The molecule has 8 heteroatoms. The van der Waals surface area contributed by atoms with Crippen molar-refractivity contribution in [3.05, 3.63) is 29.3 Å². The Morgan fingerprint density at radius 3 is 2.50 bits per heavy atom. The number of ether oxygens (including phenoxy) is 1. The molecular formula is C20H23N3O5.